The molecule has 0 saturated carbocycles. The second-order valence-corrected chi connectivity index (χ2v) is 7.71. The fraction of sp³-hybridized carbons (Fsp3) is 0.400. The second kappa shape index (κ2) is 10.5. The molecule has 2 aromatic carbocycles. The van der Waals surface area contributed by atoms with Crippen molar-refractivity contribution in [3.8, 4) is 34.4 Å². The number of aromatic nitrogens is 2. The van der Waals surface area contributed by atoms with Gasteiger partial charge < -0.3 is 28.4 Å². The van der Waals surface area contributed by atoms with E-state index >= 15 is 0 Å². The predicted molar refractivity (Wildman–Crippen MR) is 125 cm³/mol. The molecular formula is C25H29N3O6. The number of carbonyl (C=O) groups excluding carboxylic acids is 1. The summed E-state index contributed by atoms with van der Waals surface area (Å²) in [6.45, 7) is 5.40. The van der Waals surface area contributed by atoms with Crippen molar-refractivity contribution < 1.29 is 28.3 Å². The van der Waals surface area contributed by atoms with Gasteiger partial charge in [-0.05, 0) is 63.1 Å². The first kappa shape index (κ1) is 23.4. The molecule has 1 aliphatic rings. The van der Waals surface area contributed by atoms with Crippen molar-refractivity contribution in [3.05, 3.63) is 47.9 Å². The highest BCUT2D eigenvalue weighted by Crippen LogP contribution is 2.36. The summed E-state index contributed by atoms with van der Waals surface area (Å²) in [4.78, 5) is 19.8. The maximum Gasteiger partial charge on any atom is 0.254 e. The summed E-state index contributed by atoms with van der Waals surface area (Å²) >= 11 is 0. The number of likely N-dealkylation sites (tertiary alicyclic amines) is 1. The van der Waals surface area contributed by atoms with Gasteiger partial charge >= 0.3 is 0 Å². The molecule has 1 fully saturated rings. The molecule has 180 valence electrons. The van der Waals surface area contributed by atoms with E-state index in [2.05, 4.69) is 10.1 Å². The predicted octanol–water partition coefficient (Wildman–Crippen LogP) is 4.53. The lowest BCUT2D eigenvalue weighted by molar-refractivity contribution is 0.0709. The summed E-state index contributed by atoms with van der Waals surface area (Å²) in [5.74, 6) is 3.09. The van der Waals surface area contributed by atoms with E-state index in [1.54, 1.807) is 49.5 Å². The molecule has 0 radical (unpaired) electrons. The van der Waals surface area contributed by atoms with Crippen LogP contribution in [0.1, 0.15) is 49.0 Å². The van der Waals surface area contributed by atoms with Gasteiger partial charge in [0.05, 0.1) is 27.4 Å². The van der Waals surface area contributed by atoms with Crippen LogP contribution in [0.4, 0.5) is 0 Å². The molecule has 9 nitrogen and oxygen atoms in total. The van der Waals surface area contributed by atoms with E-state index in [0.717, 1.165) is 18.4 Å². The topological polar surface area (TPSA) is 96.2 Å². The Hall–Kier alpha value is -3.75. The first-order valence-electron chi connectivity index (χ1n) is 11.4. The zero-order valence-electron chi connectivity index (χ0n) is 19.9. The molecule has 1 aliphatic heterocycles. The van der Waals surface area contributed by atoms with Crippen LogP contribution in [-0.4, -0.2) is 54.9 Å². The van der Waals surface area contributed by atoms with Crippen molar-refractivity contribution >= 4 is 5.91 Å². The number of nitrogens with zero attached hydrogens (tertiary/aromatic N) is 3. The molecule has 4 rings (SSSR count). The van der Waals surface area contributed by atoms with Crippen molar-refractivity contribution in [3.63, 3.8) is 0 Å². The van der Waals surface area contributed by atoms with Crippen molar-refractivity contribution in [2.45, 2.75) is 32.7 Å². The Labute approximate surface area is 198 Å². The van der Waals surface area contributed by atoms with Gasteiger partial charge in [0.15, 0.2) is 23.0 Å². The molecule has 1 atom stereocenters. The lowest BCUT2D eigenvalue weighted by atomic mass is 10.1. The number of hydrogen-bond donors (Lipinski definition) is 0. The fourth-order valence-electron chi connectivity index (χ4n) is 4.08. The SMILES string of the molecule is CCOc1ccc(C(=O)N2CCC[C@H]2c2nc(-c3ccc(OC)c(OC)c3)no2)cc1OCC. The minimum atomic E-state index is -0.295. The van der Waals surface area contributed by atoms with E-state index in [-0.39, 0.29) is 11.9 Å². The summed E-state index contributed by atoms with van der Waals surface area (Å²) in [6.07, 6.45) is 1.59. The smallest absolute Gasteiger partial charge is 0.254 e. The summed E-state index contributed by atoms with van der Waals surface area (Å²) in [6, 6.07) is 10.4. The van der Waals surface area contributed by atoms with Crippen LogP contribution in [0.5, 0.6) is 23.0 Å². The highest BCUT2D eigenvalue weighted by Gasteiger charge is 2.35. The molecule has 0 aliphatic carbocycles. The first-order chi connectivity index (χ1) is 16.6. The van der Waals surface area contributed by atoms with Crippen LogP contribution in [-0.2, 0) is 0 Å². The van der Waals surface area contributed by atoms with Crippen molar-refractivity contribution in [2.75, 3.05) is 34.0 Å². The van der Waals surface area contributed by atoms with Gasteiger partial charge in [-0.25, -0.2) is 0 Å². The second-order valence-electron chi connectivity index (χ2n) is 7.71. The molecule has 0 N–H and O–H groups in total. The summed E-state index contributed by atoms with van der Waals surface area (Å²) in [7, 11) is 3.15. The van der Waals surface area contributed by atoms with E-state index in [4.69, 9.17) is 23.5 Å². The van der Waals surface area contributed by atoms with Gasteiger partial charge in [0.1, 0.15) is 6.04 Å². The third-order valence-electron chi connectivity index (χ3n) is 5.67. The van der Waals surface area contributed by atoms with Crippen LogP contribution in [0.3, 0.4) is 0 Å². The largest absolute Gasteiger partial charge is 0.493 e. The van der Waals surface area contributed by atoms with Gasteiger partial charge in [-0.1, -0.05) is 5.16 Å². The molecule has 0 bridgehead atoms. The number of ether oxygens (including phenoxy) is 4. The van der Waals surface area contributed by atoms with Crippen LogP contribution in [0.25, 0.3) is 11.4 Å². The van der Waals surface area contributed by atoms with E-state index < -0.39 is 0 Å². The third kappa shape index (κ3) is 4.64. The molecular weight excluding hydrogens is 438 g/mol. The maximum absolute atomic E-state index is 13.4. The average molecular weight is 468 g/mol. The molecule has 1 saturated heterocycles. The Morgan fingerprint density at radius 2 is 1.74 bits per heavy atom. The van der Waals surface area contributed by atoms with Gasteiger partial charge in [0.25, 0.3) is 5.91 Å². The monoisotopic (exact) mass is 467 g/mol. The maximum atomic E-state index is 13.4. The summed E-state index contributed by atoms with van der Waals surface area (Å²) < 4.78 is 27.6. The van der Waals surface area contributed by atoms with E-state index in [0.29, 0.717) is 60.0 Å². The Balaban J connectivity index is 1.57. The number of hydrogen-bond acceptors (Lipinski definition) is 8. The highest BCUT2D eigenvalue weighted by molar-refractivity contribution is 5.95. The molecule has 1 aromatic heterocycles. The number of benzene rings is 2. The van der Waals surface area contributed by atoms with Crippen LogP contribution in [0, 0.1) is 0 Å². The van der Waals surface area contributed by atoms with Gasteiger partial charge in [-0.3, -0.25) is 4.79 Å². The normalized spacial score (nSPS) is 15.3. The number of carbonyl (C=O) groups is 1. The molecule has 1 amide bonds. The Morgan fingerprint density at radius 1 is 1.00 bits per heavy atom. The number of rotatable bonds is 9. The molecule has 34 heavy (non-hydrogen) atoms. The van der Waals surface area contributed by atoms with Gasteiger partial charge in [-0.2, -0.15) is 4.98 Å². The van der Waals surface area contributed by atoms with Crippen LogP contribution in [0.2, 0.25) is 0 Å². The van der Waals surface area contributed by atoms with Crippen molar-refractivity contribution in [1.82, 2.24) is 15.0 Å². The molecule has 9 heteroatoms. The Kier molecular flexibility index (Phi) is 7.20. The van der Waals surface area contributed by atoms with Crippen molar-refractivity contribution in [2.24, 2.45) is 0 Å². The van der Waals surface area contributed by atoms with Gasteiger partial charge in [-0.15, -0.1) is 0 Å². The van der Waals surface area contributed by atoms with Crippen molar-refractivity contribution in [1.29, 1.82) is 0 Å². The highest BCUT2D eigenvalue weighted by atomic mass is 16.5. The van der Waals surface area contributed by atoms with E-state index in [9.17, 15) is 4.79 Å². The summed E-state index contributed by atoms with van der Waals surface area (Å²) in [5.41, 5.74) is 1.26. The minimum Gasteiger partial charge on any atom is -0.493 e. The van der Waals surface area contributed by atoms with Crippen LogP contribution >= 0.6 is 0 Å². The van der Waals surface area contributed by atoms with Crippen LogP contribution in [0.15, 0.2) is 40.9 Å². The molecule has 2 heterocycles. The number of methoxy groups -OCH3 is 2. The average Bonchev–Trinajstić information content (AvgIpc) is 3.54. The van der Waals surface area contributed by atoms with Gasteiger partial charge in [0.2, 0.25) is 11.7 Å². The van der Waals surface area contributed by atoms with Crippen LogP contribution < -0.4 is 18.9 Å². The lowest BCUT2D eigenvalue weighted by Gasteiger charge is -2.22. The zero-order chi connectivity index (χ0) is 24.1. The lowest BCUT2D eigenvalue weighted by Crippen LogP contribution is -2.30. The Morgan fingerprint density at radius 3 is 2.47 bits per heavy atom. The quantitative estimate of drug-likeness (QED) is 0.453. The molecule has 3 aromatic rings. The minimum absolute atomic E-state index is 0.114. The fourth-order valence-corrected chi connectivity index (χ4v) is 4.08. The standard InChI is InChI=1S/C25H29N3O6/c1-5-32-20-12-10-17(15-22(20)33-6-2)25(29)28-13-7-8-18(28)24-26-23(27-34-24)16-9-11-19(30-3)21(14-16)31-4/h9-12,14-15,18H,5-8,13H2,1-4H3/t18-/m0/s1. The van der Waals surface area contributed by atoms with E-state index in [1.165, 1.54) is 0 Å². The third-order valence-corrected chi connectivity index (χ3v) is 5.67. The molecule has 0 spiro atoms. The summed E-state index contributed by atoms with van der Waals surface area (Å²) in [5, 5.41) is 4.14. The first-order valence-corrected chi connectivity index (χ1v) is 11.4. The molecule has 0 unspecified atom stereocenters. The van der Waals surface area contributed by atoms with E-state index in [1.807, 2.05) is 19.9 Å². The Bertz CT molecular complexity index is 1150. The number of amides is 1. The zero-order valence-corrected chi connectivity index (χ0v) is 19.9. The van der Waals surface area contributed by atoms with Gasteiger partial charge in [0, 0.05) is 17.7 Å².